The summed E-state index contributed by atoms with van der Waals surface area (Å²) >= 11 is 3.56. The lowest BCUT2D eigenvalue weighted by Crippen LogP contribution is -1.99. The molecule has 0 saturated heterocycles. The number of hydrogen-bond donors (Lipinski definition) is 0. The molecule has 0 fully saturated rings. The fraction of sp³-hybridized carbons (Fsp3) is 0.143. The molecule has 6 heteroatoms. The quantitative estimate of drug-likeness (QED) is 0.427. The average Bonchev–Trinajstić information content (AvgIpc) is 2.03. The number of carbonyl (C=O) groups excluding carboxylic acids is 1. The monoisotopic (exact) mass is 409 g/mol. The van der Waals surface area contributed by atoms with E-state index >= 15 is 0 Å². The van der Waals surface area contributed by atoms with Crippen molar-refractivity contribution in [3.8, 4) is 0 Å². The van der Waals surface area contributed by atoms with Gasteiger partial charge in [-0.3, -0.25) is 4.79 Å². The Bertz CT molecular complexity index is 344. The number of hydrogen-bond acceptors (Lipinski definition) is 2. The van der Waals surface area contributed by atoms with Gasteiger partial charge < -0.3 is 0 Å². The molecule has 1 heterocycles. The average molecular weight is 409 g/mol. The molecule has 0 atom stereocenters. The standard InChI is InChI=1S/C7H3F2I2NO/c8-5(9)4-1-3(2-13)6(10)12-7(4)11/h1-2,5H. The van der Waals surface area contributed by atoms with Crippen LogP contribution in [0.1, 0.15) is 22.3 Å². The molecular weight excluding hydrogens is 406 g/mol. The van der Waals surface area contributed by atoms with Gasteiger partial charge in [0.15, 0.2) is 6.29 Å². The molecule has 13 heavy (non-hydrogen) atoms. The van der Waals surface area contributed by atoms with E-state index in [0.717, 1.165) is 0 Å². The second-order valence-electron chi connectivity index (χ2n) is 2.17. The van der Waals surface area contributed by atoms with E-state index < -0.39 is 6.43 Å². The molecule has 0 spiro atoms. The molecule has 0 N–H and O–H groups in total. The summed E-state index contributed by atoms with van der Waals surface area (Å²) in [5, 5.41) is 0. The lowest BCUT2D eigenvalue weighted by molar-refractivity contribution is 0.112. The number of alkyl halides is 2. The predicted molar refractivity (Wildman–Crippen MR) is 60.0 cm³/mol. The highest BCUT2D eigenvalue weighted by Gasteiger charge is 2.15. The number of carbonyl (C=O) groups is 1. The van der Waals surface area contributed by atoms with Crippen molar-refractivity contribution in [2.75, 3.05) is 0 Å². The Kier molecular flexibility index (Phi) is 3.95. The van der Waals surface area contributed by atoms with Crippen molar-refractivity contribution in [2.24, 2.45) is 0 Å². The van der Waals surface area contributed by atoms with Crippen molar-refractivity contribution < 1.29 is 13.6 Å². The molecule has 2 nitrogen and oxygen atoms in total. The van der Waals surface area contributed by atoms with Crippen LogP contribution in [0.25, 0.3) is 0 Å². The van der Waals surface area contributed by atoms with Gasteiger partial charge in [-0.25, -0.2) is 13.8 Å². The zero-order valence-electron chi connectivity index (χ0n) is 6.10. The maximum atomic E-state index is 12.3. The van der Waals surface area contributed by atoms with E-state index in [4.69, 9.17) is 0 Å². The van der Waals surface area contributed by atoms with Gasteiger partial charge in [0.1, 0.15) is 7.40 Å². The smallest absolute Gasteiger partial charge is 0.266 e. The molecule has 0 saturated carbocycles. The number of rotatable bonds is 2. The second kappa shape index (κ2) is 4.58. The van der Waals surface area contributed by atoms with Gasteiger partial charge in [0.05, 0.1) is 5.56 Å². The van der Waals surface area contributed by atoms with E-state index in [2.05, 4.69) is 4.98 Å². The van der Waals surface area contributed by atoms with Crippen LogP contribution in [0.5, 0.6) is 0 Å². The van der Waals surface area contributed by atoms with Gasteiger partial charge in [-0.2, -0.15) is 0 Å². The minimum Gasteiger partial charge on any atom is -0.298 e. The molecule has 0 aliphatic heterocycles. The molecule has 1 aromatic heterocycles. The Balaban J connectivity index is 3.30. The van der Waals surface area contributed by atoms with Gasteiger partial charge >= 0.3 is 0 Å². The summed E-state index contributed by atoms with van der Waals surface area (Å²) in [6, 6.07) is 1.17. The van der Waals surface area contributed by atoms with Crippen LogP contribution in [0.4, 0.5) is 8.78 Å². The molecule has 0 aliphatic rings. The Morgan fingerprint density at radius 1 is 1.38 bits per heavy atom. The number of nitrogens with zero attached hydrogens (tertiary/aromatic N) is 1. The Morgan fingerprint density at radius 2 is 2.00 bits per heavy atom. The minimum atomic E-state index is -2.59. The zero-order chi connectivity index (χ0) is 10.0. The summed E-state index contributed by atoms with van der Waals surface area (Å²) in [5.74, 6) is 0. The highest BCUT2D eigenvalue weighted by Crippen LogP contribution is 2.25. The van der Waals surface area contributed by atoms with Crippen LogP contribution >= 0.6 is 45.2 Å². The number of aldehydes is 1. The van der Waals surface area contributed by atoms with Crippen molar-refractivity contribution in [3.05, 3.63) is 24.6 Å². The van der Waals surface area contributed by atoms with Crippen molar-refractivity contribution in [1.29, 1.82) is 0 Å². The fourth-order valence-electron chi connectivity index (χ4n) is 0.738. The Labute approximate surface area is 100 Å². The van der Waals surface area contributed by atoms with Crippen molar-refractivity contribution in [1.82, 2.24) is 4.98 Å². The first kappa shape index (κ1) is 11.2. The van der Waals surface area contributed by atoms with E-state index in [1.54, 1.807) is 22.6 Å². The maximum absolute atomic E-state index is 12.3. The minimum absolute atomic E-state index is 0.192. The molecular formula is C7H3F2I2NO. The highest BCUT2D eigenvalue weighted by atomic mass is 127. The van der Waals surface area contributed by atoms with Crippen LogP contribution in [0.2, 0.25) is 0 Å². The van der Waals surface area contributed by atoms with Crippen LogP contribution in [0.15, 0.2) is 6.07 Å². The van der Waals surface area contributed by atoms with Gasteiger partial charge in [0.25, 0.3) is 6.43 Å². The Hall–Kier alpha value is 0.140. The summed E-state index contributed by atoms with van der Waals surface area (Å²) in [4.78, 5) is 14.2. The van der Waals surface area contributed by atoms with E-state index in [1.807, 2.05) is 22.6 Å². The van der Waals surface area contributed by atoms with Crippen molar-refractivity contribution in [2.45, 2.75) is 6.43 Å². The second-order valence-corrected chi connectivity index (χ2v) is 4.21. The van der Waals surface area contributed by atoms with Crippen LogP contribution < -0.4 is 0 Å². The lowest BCUT2D eigenvalue weighted by Gasteiger charge is -2.04. The summed E-state index contributed by atoms with van der Waals surface area (Å²) in [6.07, 6.45) is -2.06. The third kappa shape index (κ3) is 2.55. The van der Waals surface area contributed by atoms with Gasteiger partial charge in [-0.15, -0.1) is 0 Å². The maximum Gasteiger partial charge on any atom is 0.266 e. The first-order valence-electron chi connectivity index (χ1n) is 3.15. The van der Waals surface area contributed by atoms with E-state index in [0.29, 0.717) is 9.99 Å². The summed E-state index contributed by atoms with van der Waals surface area (Å²) in [6.45, 7) is 0. The molecule has 1 rings (SSSR count). The van der Waals surface area contributed by atoms with Gasteiger partial charge in [-0.1, -0.05) is 0 Å². The molecule has 70 valence electrons. The molecule has 0 radical (unpaired) electrons. The van der Waals surface area contributed by atoms with E-state index in [-0.39, 0.29) is 14.8 Å². The van der Waals surface area contributed by atoms with Gasteiger partial charge in [-0.05, 0) is 51.2 Å². The Morgan fingerprint density at radius 3 is 2.46 bits per heavy atom. The van der Waals surface area contributed by atoms with Crippen LogP contribution in [-0.2, 0) is 0 Å². The topological polar surface area (TPSA) is 30.0 Å². The van der Waals surface area contributed by atoms with E-state index in [1.165, 1.54) is 6.07 Å². The molecule has 0 aliphatic carbocycles. The van der Waals surface area contributed by atoms with E-state index in [9.17, 15) is 13.6 Å². The number of aromatic nitrogens is 1. The molecule has 1 aromatic rings. The first-order valence-corrected chi connectivity index (χ1v) is 5.31. The normalized spacial score (nSPS) is 10.5. The van der Waals surface area contributed by atoms with Gasteiger partial charge in [0, 0.05) is 5.56 Å². The molecule has 0 aromatic carbocycles. The largest absolute Gasteiger partial charge is 0.298 e. The predicted octanol–water partition coefficient (Wildman–Crippen LogP) is 3.04. The number of pyridine rings is 1. The summed E-state index contributed by atoms with van der Waals surface area (Å²) < 4.78 is 25.3. The van der Waals surface area contributed by atoms with Crippen LogP contribution in [-0.4, -0.2) is 11.3 Å². The molecule has 0 bridgehead atoms. The lowest BCUT2D eigenvalue weighted by atomic mass is 10.2. The first-order chi connectivity index (χ1) is 6.06. The molecule has 0 unspecified atom stereocenters. The van der Waals surface area contributed by atoms with Crippen molar-refractivity contribution >= 4 is 51.5 Å². The van der Waals surface area contributed by atoms with Gasteiger partial charge in [0.2, 0.25) is 0 Å². The summed E-state index contributed by atoms with van der Waals surface area (Å²) in [5.41, 5.74) is 0.0134. The highest BCUT2D eigenvalue weighted by molar-refractivity contribution is 14.1. The molecule has 0 amide bonds. The third-order valence-electron chi connectivity index (χ3n) is 1.35. The number of halogens is 4. The van der Waals surface area contributed by atoms with Crippen LogP contribution in [0, 0.1) is 7.40 Å². The summed E-state index contributed by atoms with van der Waals surface area (Å²) in [7, 11) is 0. The third-order valence-corrected chi connectivity index (χ3v) is 3.07. The zero-order valence-corrected chi connectivity index (χ0v) is 10.4. The van der Waals surface area contributed by atoms with Crippen LogP contribution in [0.3, 0.4) is 0 Å². The fourth-order valence-corrected chi connectivity index (χ4v) is 2.36. The van der Waals surface area contributed by atoms with Crippen molar-refractivity contribution in [3.63, 3.8) is 0 Å². The SMILES string of the molecule is O=Cc1cc(C(F)F)c(I)nc1I.